The molecule has 16 heavy (non-hydrogen) atoms. The highest BCUT2D eigenvalue weighted by Gasteiger charge is 2.17. The number of likely N-dealkylation sites (N-methyl/N-ethyl adjacent to an activating group) is 1. The van der Waals surface area contributed by atoms with E-state index in [9.17, 15) is 9.59 Å². The van der Waals surface area contributed by atoms with E-state index in [0.29, 0.717) is 19.5 Å². The molecule has 0 bridgehead atoms. The van der Waals surface area contributed by atoms with Crippen molar-refractivity contribution in [1.82, 2.24) is 10.2 Å². The lowest BCUT2D eigenvalue weighted by Crippen LogP contribution is -2.45. The highest BCUT2D eigenvalue weighted by molar-refractivity contribution is 5.87. The fraction of sp³-hybridized carbons (Fsp3) is 0.818. The molecule has 1 atom stereocenters. The first-order valence-corrected chi connectivity index (χ1v) is 5.77. The molecule has 0 spiro atoms. The van der Waals surface area contributed by atoms with E-state index in [1.54, 1.807) is 18.9 Å². The van der Waals surface area contributed by atoms with Gasteiger partial charge in [0, 0.05) is 20.0 Å². The van der Waals surface area contributed by atoms with E-state index in [1.165, 1.54) is 0 Å². The Balaban J connectivity index is 3.89. The molecule has 0 saturated heterocycles. The molecular formula is C11H23N3O2. The third-order valence-electron chi connectivity index (χ3n) is 2.46. The predicted molar refractivity (Wildman–Crippen MR) is 63.8 cm³/mol. The Bertz CT molecular complexity index is 231. The van der Waals surface area contributed by atoms with Gasteiger partial charge in [0.05, 0.1) is 0 Å². The zero-order valence-electron chi connectivity index (χ0n) is 10.5. The van der Waals surface area contributed by atoms with Crippen LogP contribution >= 0.6 is 0 Å². The van der Waals surface area contributed by atoms with Gasteiger partial charge in [-0.2, -0.15) is 0 Å². The second kappa shape index (κ2) is 8.10. The minimum Gasteiger partial charge on any atom is -0.345 e. The van der Waals surface area contributed by atoms with E-state index < -0.39 is 6.04 Å². The molecular weight excluding hydrogens is 206 g/mol. The van der Waals surface area contributed by atoms with Crippen molar-refractivity contribution in [3.63, 3.8) is 0 Å². The quantitative estimate of drug-likeness (QED) is 0.608. The number of nitrogens with zero attached hydrogens (tertiary/aromatic N) is 1. The SMILES string of the molecule is CCN(C)C(=O)C(C)NC(=O)CCCCN. The van der Waals surface area contributed by atoms with Crippen LogP contribution in [0.15, 0.2) is 0 Å². The van der Waals surface area contributed by atoms with Gasteiger partial charge < -0.3 is 16.0 Å². The third kappa shape index (κ3) is 5.70. The number of carbonyl (C=O) groups excluding carboxylic acids is 2. The summed E-state index contributed by atoms with van der Waals surface area (Å²) in [5.41, 5.74) is 5.33. The lowest BCUT2D eigenvalue weighted by Gasteiger charge is -2.20. The first-order valence-electron chi connectivity index (χ1n) is 5.77. The lowest BCUT2D eigenvalue weighted by atomic mass is 10.2. The van der Waals surface area contributed by atoms with Crippen LogP contribution in [0.5, 0.6) is 0 Å². The summed E-state index contributed by atoms with van der Waals surface area (Å²) in [6.45, 7) is 4.84. The van der Waals surface area contributed by atoms with Gasteiger partial charge in [0.15, 0.2) is 0 Å². The number of rotatable bonds is 7. The van der Waals surface area contributed by atoms with Crippen molar-refractivity contribution in [3.8, 4) is 0 Å². The van der Waals surface area contributed by atoms with Gasteiger partial charge in [-0.1, -0.05) is 0 Å². The Morgan fingerprint density at radius 2 is 2.00 bits per heavy atom. The van der Waals surface area contributed by atoms with Crippen molar-refractivity contribution in [3.05, 3.63) is 0 Å². The maximum Gasteiger partial charge on any atom is 0.244 e. The Morgan fingerprint density at radius 3 is 2.50 bits per heavy atom. The predicted octanol–water partition coefficient (Wildman–Crippen LogP) is 0.0984. The van der Waals surface area contributed by atoms with Crippen LogP contribution in [-0.4, -0.2) is 42.9 Å². The summed E-state index contributed by atoms with van der Waals surface area (Å²) in [6, 6.07) is -0.449. The molecule has 0 rings (SSSR count). The maximum absolute atomic E-state index is 11.6. The summed E-state index contributed by atoms with van der Waals surface area (Å²) in [7, 11) is 1.72. The van der Waals surface area contributed by atoms with Gasteiger partial charge in [-0.15, -0.1) is 0 Å². The monoisotopic (exact) mass is 229 g/mol. The molecule has 0 aromatic carbocycles. The van der Waals surface area contributed by atoms with Crippen LogP contribution < -0.4 is 11.1 Å². The number of carbonyl (C=O) groups is 2. The highest BCUT2D eigenvalue weighted by Crippen LogP contribution is 1.96. The largest absolute Gasteiger partial charge is 0.345 e. The van der Waals surface area contributed by atoms with Crippen molar-refractivity contribution in [2.75, 3.05) is 20.1 Å². The van der Waals surface area contributed by atoms with Crippen LogP contribution in [0.1, 0.15) is 33.1 Å². The molecule has 2 amide bonds. The molecule has 0 aliphatic carbocycles. The smallest absolute Gasteiger partial charge is 0.244 e. The van der Waals surface area contributed by atoms with Crippen LogP contribution in [0.3, 0.4) is 0 Å². The third-order valence-corrected chi connectivity index (χ3v) is 2.46. The number of hydrogen-bond acceptors (Lipinski definition) is 3. The molecule has 0 aromatic heterocycles. The fourth-order valence-corrected chi connectivity index (χ4v) is 1.29. The topological polar surface area (TPSA) is 75.4 Å². The Kier molecular flexibility index (Phi) is 7.54. The van der Waals surface area contributed by atoms with E-state index in [1.807, 2.05) is 6.92 Å². The van der Waals surface area contributed by atoms with E-state index in [4.69, 9.17) is 5.73 Å². The van der Waals surface area contributed by atoms with Gasteiger partial charge >= 0.3 is 0 Å². The van der Waals surface area contributed by atoms with Gasteiger partial charge in [0.1, 0.15) is 6.04 Å². The minimum absolute atomic E-state index is 0.0605. The molecule has 3 N–H and O–H groups in total. The number of hydrogen-bond donors (Lipinski definition) is 2. The Hall–Kier alpha value is -1.10. The van der Waals surface area contributed by atoms with Crippen LogP contribution in [0.4, 0.5) is 0 Å². The molecule has 5 nitrogen and oxygen atoms in total. The average Bonchev–Trinajstić information content (AvgIpc) is 2.27. The second-order valence-electron chi connectivity index (χ2n) is 3.89. The standard InChI is InChI=1S/C11H23N3O2/c1-4-14(3)11(16)9(2)13-10(15)7-5-6-8-12/h9H,4-8,12H2,1-3H3,(H,13,15). The van der Waals surface area contributed by atoms with Crippen LogP contribution in [0, 0.1) is 0 Å². The van der Waals surface area contributed by atoms with Crippen molar-refractivity contribution >= 4 is 11.8 Å². The normalized spacial score (nSPS) is 12.0. The van der Waals surface area contributed by atoms with Crippen molar-refractivity contribution in [1.29, 1.82) is 0 Å². The summed E-state index contributed by atoms with van der Waals surface area (Å²) >= 11 is 0. The molecule has 0 aliphatic heterocycles. The van der Waals surface area contributed by atoms with E-state index >= 15 is 0 Å². The van der Waals surface area contributed by atoms with Crippen LogP contribution in [-0.2, 0) is 9.59 Å². The maximum atomic E-state index is 11.6. The van der Waals surface area contributed by atoms with E-state index in [-0.39, 0.29) is 11.8 Å². The summed E-state index contributed by atoms with van der Waals surface area (Å²) in [6.07, 6.45) is 2.04. The van der Waals surface area contributed by atoms with E-state index in [0.717, 1.165) is 12.8 Å². The van der Waals surface area contributed by atoms with Crippen molar-refractivity contribution in [2.24, 2.45) is 5.73 Å². The summed E-state index contributed by atoms with van der Waals surface area (Å²) < 4.78 is 0. The van der Waals surface area contributed by atoms with Gasteiger partial charge in [0.25, 0.3) is 0 Å². The first kappa shape index (κ1) is 14.9. The molecule has 5 heteroatoms. The molecule has 0 heterocycles. The van der Waals surface area contributed by atoms with Gasteiger partial charge in [-0.3, -0.25) is 9.59 Å². The van der Waals surface area contributed by atoms with Gasteiger partial charge in [-0.25, -0.2) is 0 Å². The lowest BCUT2D eigenvalue weighted by molar-refractivity contribution is -0.134. The van der Waals surface area contributed by atoms with Crippen molar-refractivity contribution in [2.45, 2.75) is 39.2 Å². The zero-order chi connectivity index (χ0) is 12.6. The summed E-state index contributed by atoms with van der Waals surface area (Å²) in [4.78, 5) is 24.6. The Labute approximate surface area is 97.4 Å². The van der Waals surface area contributed by atoms with Crippen LogP contribution in [0.2, 0.25) is 0 Å². The number of nitrogens with one attached hydrogen (secondary N) is 1. The highest BCUT2D eigenvalue weighted by atomic mass is 16.2. The van der Waals surface area contributed by atoms with Crippen LogP contribution in [0.25, 0.3) is 0 Å². The number of unbranched alkanes of at least 4 members (excludes halogenated alkanes) is 1. The molecule has 94 valence electrons. The molecule has 0 aromatic rings. The number of nitrogens with two attached hydrogens (primary N) is 1. The minimum atomic E-state index is -0.449. The zero-order valence-corrected chi connectivity index (χ0v) is 10.5. The van der Waals surface area contributed by atoms with E-state index in [2.05, 4.69) is 5.32 Å². The molecule has 1 unspecified atom stereocenters. The molecule has 0 fully saturated rings. The summed E-state index contributed by atoms with van der Waals surface area (Å²) in [5, 5.41) is 2.68. The summed E-state index contributed by atoms with van der Waals surface area (Å²) in [5.74, 6) is -0.145. The number of amides is 2. The molecule has 0 saturated carbocycles. The first-order chi connectivity index (χ1) is 7.52. The molecule has 0 aliphatic rings. The van der Waals surface area contributed by atoms with Gasteiger partial charge in [-0.05, 0) is 33.2 Å². The second-order valence-corrected chi connectivity index (χ2v) is 3.89. The van der Waals surface area contributed by atoms with Crippen molar-refractivity contribution < 1.29 is 9.59 Å². The average molecular weight is 229 g/mol. The molecule has 0 radical (unpaired) electrons. The Morgan fingerprint density at radius 1 is 1.38 bits per heavy atom. The fourth-order valence-electron chi connectivity index (χ4n) is 1.29. The van der Waals surface area contributed by atoms with Gasteiger partial charge in [0.2, 0.25) is 11.8 Å².